The summed E-state index contributed by atoms with van der Waals surface area (Å²) in [5.41, 5.74) is -1.18. The van der Waals surface area contributed by atoms with E-state index in [2.05, 4.69) is 4.74 Å². The van der Waals surface area contributed by atoms with Gasteiger partial charge in [-0.3, -0.25) is 4.79 Å². The number of nitrogens with zero attached hydrogens (tertiary/aromatic N) is 1. The van der Waals surface area contributed by atoms with E-state index in [0.29, 0.717) is 12.4 Å². The van der Waals surface area contributed by atoms with Gasteiger partial charge in [0.05, 0.1) is 17.2 Å². The third-order valence-electron chi connectivity index (χ3n) is 1.72. The molecule has 0 amide bonds. The Kier molecular flexibility index (Phi) is 3.51. The summed E-state index contributed by atoms with van der Waals surface area (Å²) in [4.78, 5) is 10.0. The van der Waals surface area contributed by atoms with Gasteiger partial charge in [0.1, 0.15) is 12.4 Å². The second-order valence-corrected chi connectivity index (χ2v) is 2.80. The second kappa shape index (κ2) is 4.66. The number of hydrogen-bond donors (Lipinski definition) is 0. The Labute approximate surface area is 89.1 Å². The molecule has 0 aliphatic heterocycles. The van der Waals surface area contributed by atoms with E-state index >= 15 is 0 Å². The quantitative estimate of drug-likeness (QED) is 0.746. The summed E-state index contributed by atoms with van der Waals surface area (Å²) in [6.07, 6.45) is -4.27. The lowest BCUT2D eigenvalue weighted by atomic mass is 10.1. The summed E-state index contributed by atoms with van der Waals surface area (Å²) in [7, 11) is 0. The van der Waals surface area contributed by atoms with Crippen LogP contribution in [0.5, 0.6) is 5.75 Å². The van der Waals surface area contributed by atoms with Crippen LogP contribution in [0.3, 0.4) is 0 Å². The van der Waals surface area contributed by atoms with Crippen LogP contribution in [0.15, 0.2) is 18.2 Å². The lowest BCUT2D eigenvalue weighted by Gasteiger charge is -2.12. The van der Waals surface area contributed by atoms with Crippen LogP contribution >= 0.6 is 0 Å². The number of ether oxygens (including phenoxy) is 1. The smallest absolute Gasteiger partial charge is 0.420 e. The van der Waals surface area contributed by atoms with Gasteiger partial charge in [-0.1, -0.05) is 0 Å². The fraction of sp³-hybridized carbons (Fsp3) is 0.200. The van der Waals surface area contributed by atoms with Gasteiger partial charge >= 0.3 is 6.18 Å². The van der Waals surface area contributed by atoms with E-state index in [1.165, 1.54) is 6.07 Å². The highest BCUT2D eigenvalue weighted by atomic mass is 19.4. The van der Waals surface area contributed by atoms with E-state index in [1.54, 1.807) is 6.07 Å². The molecule has 0 aliphatic rings. The lowest BCUT2D eigenvalue weighted by molar-refractivity contribution is -0.139. The van der Waals surface area contributed by atoms with E-state index in [4.69, 9.17) is 5.26 Å². The Balaban J connectivity index is 3.17. The minimum absolute atomic E-state index is 0.120. The van der Waals surface area contributed by atoms with Crippen LogP contribution in [0.25, 0.3) is 0 Å². The summed E-state index contributed by atoms with van der Waals surface area (Å²) < 4.78 is 42.2. The van der Waals surface area contributed by atoms with E-state index < -0.39 is 24.1 Å². The van der Waals surface area contributed by atoms with Gasteiger partial charge in [0.2, 0.25) is 0 Å². The third kappa shape index (κ3) is 2.73. The summed E-state index contributed by atoms with van der Waals surface area (Å²) >= 11 is 0. The molecule has 0 saturated carbocycles. The number of benzene rings is 1. The summed E-state index contributed by atoms with van der Waals surface area (Å²) in [5.74, 6) is -0.460. The highest BCUT2D eigenvalue weighted by Gasteiger charge is 2.34. The molecule has 0 aromatic heterocycles. The van der Waals surface area contributed by atoms with Crippen molar-refractivity contribution < 1.29 is 22.7 Å². The van der Waals surface area contributed by atoms with E-state index in [9.17, 15) is 18.0 Å². The van der Waals surface area contributed by atoms with Gasteiger partial charge in [0.25, 0.3) is 0 Å². The molecular formula is C10H6F3NO2. The summed E-state index contributed by atoms with van der Waals surface area (Å²) in [6, 6.07) is 4.49. The van der Waals surface area contributed by atoms with Crippen LogP contribution in [0, 0.1) is 11.3 Å². The first-order valence-corrected chi connectivity index (χ1v) is 4.17. The maximum Gasteiger partial charge on any atom is 0.420 e. The molecule has 0 bridgehead atoms. The Morgan fingerprint density at radius 3 is 2.62 bits per heavy atom. The van der Waals surface area contributed by atoms with Crippen molar-refractivity contribution >= 4 is 6.29 Å². The van der Waals surface area contributed by atoms with E-state index in [1.807, 2.05) is 0 Å². The number of alkyl halides is 3. The fourth-order valence-electron chi connectivity index (χ4n) is 1.07. The molecule has 0 unspecified atom stereocenters. The number of nitriles is 1. The van der Waals surface area contributed by atoms with Crippen LogP contribution in [0.4, 0.5) is 13.2 Å². The minimum atomic E-state index is -4.62. The molecule has 1 aromatic carbocycles. The molecule has 6 heteroatoms. The van der Waals surface area contributed by atoms with Gasteiger partial charge in [-0.2, -0.15) is 18.4 Å². The largest absolute Gasteiger partial charge is 0.486 e. The van der Waals surface area contributed by atoms with Crippen molar-refractivity contribution in [2.75, 3.05) is 6.61 Å². The predicted octanol–water partition coefficient (Wildman–Crippen LogP) is 2.15. The van der Waals surface area contributed by atoms with Crippen LogP contribution < -0.4 is 4.74 Å². The summed E-state index contributed by atoms with van der Waals surface area (Å²) in [6.45, 7) is -0.463. The van der Waals surface area contributed by atoms with Crippen molar-refractivity contribution in [3.05, 3.63) is 29.3 Å². The second-order valence-electron chi connectivity index (χ2n) is 2.80. The first-order chi connectivity index (χ1) is 7.49. The Bertz CT molecular complexity index is 435. The monoisotopic (exact) mass is 229 g/mol. The van der Waals surface area contributed by atoms with Gasteiger partial charge < -0.3 is 4.74 Å². The van der Waals surface area contributed by atoms with Gasteiger partial charge in [-0.25, -0.2) is 0 Å². The molecule has 16 heavy (non-hydrogen) atoms. The first kappa shape index (κ1) is 12.0. The highest BCUT2D eigenvalue weighted by molar-refractivity contribution is 5.52. The van der Waals surface area contributed by atoms with E-state index in [-0.39, 0.29) is 5.56 Å². The van der Waals surface area contributed by atoms with Crippen LogP contribution in [-0.4, -0.2) is 12.9 Å². The van der Waals surface area contributed by atoms with Crippen molar-refractivity contribution in [3.63, 3.8) is 0 Å². The molecular weight excluding hydrogens is 223 g/mol. The fourth-order valence-corrected chi connectivity index (χ4v) is 1.07. The molecule has 0 spiro atoms. The van der Waals surface area contributed by atoms with Crippen molar-refractivity contribution in [2.45, 2.75) is 6.18 Å². The number of halogens is 3. The standard InChI is InChI=1S/C10H6F3NO2/c11-10(12,13)8-5-7(6-14)1-2-9(8)16-4-3-15/h1-3,5H,4H2. The Morgan fingerprint density at radius 1 is 1.44 bits per heavy atom. The van der Waals surface area contributed by atoms with Crippen LogP contribution in [-0.2, 0) is 11.0 Å². The topological polar surface area (TPSA) is 50.1 Å². The molecule has 1 aromatic rings. The van der Waals surface area contributed by atoms with Gasteiger partial charge in [0, 0.05) is 0 Å². The third-order valence-corrected chi connectivity index (χ3v) is 1.72. The number of rotatable bonds is 3. The molecule has 0 atom stereocenters. The lowest BCUT2D eigenvalue weighted by Crippen LogP contribution is -2.10. The molecule has 1 rings (SSSR count). The number of carbonyl (C=O) groups is 1. The normalized spacial score (nSPS) is 10.6. The Morgan fingerprint density at radius 2 is 2.12 bits per heavy atom. The average Bonchev–Trinajstić information content (AvgIpc) is 2.25. The zero-order chi connectivity index (χ0) is 12.2. The van der Waals surface area contributed by atoms with Gasteiger partial charge in [-0.15, -0.1) is 0 Å². The zero-order valence-electron chi connectivity index (χ0n) is 7.91. The molecule has 0 aliphatic carbocycles. The summed E-state index contributed by atoms with van der Waals surface area (Å²) in [5, 5.41) is 8.48. The number of aldehydes is 1. The highest BCUT2D eigenvalue weighted by Crippen LogP contribution is 2.36. The number of hydrogen-bond acceptors (Lipinski definition) is 3. The van der Waals surface area contributed by atoms with Crippen molar-refractivity contribution in [1.29, 1.82) is 5.26 Å². The molecule has 0 N–H and O–H groups in total. The predicted molar refractivity (Wildman–Crippen MR) is 47.7 cm³/mol. The molecule has 0 fully saturated rings. The van der Waals surface area contributed by atoms with Crippen LogP contribution in [0.2, 0.25) is 0 Å². The molecule has 3 nitrogen and oxygen atoms in total. The van der Waals surface area contributed by atoms with Gasteiger partial charge in [-0.05, 0) is 18.2 Å². The number of carbonyl (C=O) groups excluding carboxylic acids is 1. The maximum absolute atomic E-state index is 12.5. The minimum Gasteiger partial charge on any atom is -0.486 e. The van der Waals surface area contributed by atoms with Crippen molar-refractivity contribution in [3.8, 4) is 11.8 Å². The molecule has 0 saturated heterocycles. The molecule has 0 heterocycles. The zero-order valence-corrected chi connectivity index (χ0v) is 7.91. The van der Waals surface area contributed by atoms with Crippen molar-refractivity contribution in [2.24, 2.45) is 0 Å². The van der Waals surface area contributed by atoms with E-state index in [0.717, 1.165) is 6.07 Å². The first-order valence-electron chi connectivity index (χ1n) is 4.17. The van der Waals surface area contributed by atoms with Crippen molar-refractivity contribution in [1.82, 2.24) is 0 Å². The maximum atomic E-state index is 12.5. The molecule has 0 radical (unpaired) electrons. The Hall–Kier alpha value is -2.03. The molecule has 84 valence electrons. The SMILES string of the molecule is N#Cc1ccc(OCC=O)c(C(F)(F)F)c1. The van der Waals surface area contributed by atoms with Crippen LogP contribution in [0.1, 0.15) is 11.1 Å². The van der Waals surface area contributed by atoms with Gasteiger partial charge in [0.15, 0.2) is 6.29 Å². The average molecular weight is 229 g/mol.